The van der Waals surface area contributed by atoms with Gasteiger partial charge in [-0.1, -0.05) is 27.5 Å². The number of hydrogen-bond acceptors (Lipinski definition) is 2. The zero-order valence-corrected chi connectivity index (χ0v) is 8.76. The quantitative estimate of drug-likeness (QED) is 0.740. The highest BCUT2D eigenvalue weighted by atomic mass is 79.9. The minimum atomic E-state index is 0.590. The summed E-state index contributed by atoms with van der Waals surface area (Å²) in [5.74, 6) is 0. The summed E-state index contributed by atoms with van der Waals surface area (Å²) < 4.78 is 0. The van der Waals surface area contributed by atoms with Gasteiger partial charge in [0, 0.05) is 15.6 Å². The summed E-state index contributed by atoms with van der Waals surface area (Å²) in [5.41, 5.74) is 0.590. The Morgan fingerprint density at radius 2 is 2.45 bits per heavy atom. The van der Waals surface area contributed by atoms with E-state index >= 15 is 0 Å². The molecule has 0 aliphatic carbocycles. The van der Waals surface area contributed by atoms with E-state index in [1.54, 1.807) is 16.7 Å². The van der Waals surface area contributed by atoms with Crippen molar-refractivity contribution in [1.29, 1.82) is 5.26 Å². The highest BCUT2D eigenvalue weighted by Crippen LogP contribution is 2.27. The van der Waals surface area contributed by atoms with Gasteiger partial charge in [-0.3, -0.25) is 0 Å². The van der Waals surface area contributed by atoms with Gasteiger partial charge in [0.05, 0.1) is 10.6 Å². The average molecular weight is 251 g/mol. The van der Waals surface area contributed by atoms with Crippen LogP contribution in [0.1, 0.15) is 10.4 Å². The summed E-state index contributed by atoms with van der Waals surface area (Å²) in [5, 5.41) is 11.9. The molecule has 0 N–H and O–H groups in total. The van der Waals surface area contributed by atoms with Crippen molar-refractivity contribution in [3.63, 3.8) is 0 Å². The molecule has 4 heteroatoms. The van der Waals surface area contributed by atoms with Gasteiger partial charge in [0.2, 0.25) is 0 Å². The van der Waals surface area contributed by atoms with E-state index in [9.17, 15) is 0 Å². The van der Waals surface area contributed by atoms with Crippen LogP contribution in [0.5, 0.6) is 0 Å². The van der Waals surface area contributed by atoms with Crippen molar-refractivity contribution in [2.75, 3.05) is 5.33 Å². The van der Waals surface area contributed by atoms with E-state index < -0.39 is 0 Å². The van der Waals surface area contributed by atoms with Crippen molar-refractivity contribution in [1.82, 2.24) is 0 Å². The van der Waals surface area contributed by atoms with Crippen molar-refractivity contribution in [2.45, 2.75) is 6.42 Å². The second-order valence-corrected chi connectivity index (χ2v) is 4.07. The van der Waals surface area contributed by atoms with Crippen molar-refractivity contribution >= 4 is 38.9 Å². The fourth-order valence-electron chi connectivity index (χ4n) is 0.714. The first-order valence-electron chi connectivity index (χ1n) is 3.01. The maximum Gasteiger partial charge on any atom is 0.102 e. The topological polar surface area (TPSA) is 23.8 Å². The molecule has 0 saturated carbocycles. The number of thiophene rings is 1. The molecule has 1 nitrogen and oxygen atoms in total. The molecular weight excluding hydrogens is 246 g/mol. The Labute approximate surface area is 82.7 Å². The van der Waals surface area contributed by atoms with E-state index in [1.165, 1.54) is 0 Å². The summed E-state index contributed by atoms with van der Waals surface area (Å²) >= 11 is 10.7. The van der Waals surface area contributed by atoms with E-state index in [-0.39, 0.29) is 0 Å². The van der Waals surface area contributed by atoms with Gasteiger partial charge in [0.15, 0.2) is 0 Å². The molecule has 1 aromatic rings. The van der Waals surface area contributed by atoms with Crippen LogP contribution in [-0.2, 0) is 6.42 Å². The molecule has 0 aliphatic rings. The van der Waals surface area contributed by atoms with Crippen LogP contribution in [0.15, 0.2) is 5.38 Å². The fraction of sp³-hybridized carbons (Fsp3) is 0.286. The molecule has 0 fully saturated rings. The third kappa shape index (κ3) is 1.96. The lowest BCUT2D eigenvalue weighted by atomic mass is 10.3. The van der Waals surface area contributed by atoms with Crippen molar-refractivity contribution in [3.8, 4) is 6.07 Å². The number of nitrogens with zero attached hydrogens (tertiary/aromatic N) is 1. The molecule has 1 heterocycles. The predicted molar refractivity (Wildman–Crippen MR) is 51.5 cm³/mol. The Bertz CT molecular complexity index is 289. The first kappa shape index (κ1) is 9.05. The van der Waals surface area contributed by atoms with Crippen LogP contribution >= 0.6 is 38.9 Å². The second-order valence-electron chi connectivity index (χ2n) is 1.94. The molecule has 0 aromatic carbocycles. The molecule has 0 aliphatic heterocycles. The first-order valence-corrected chi connectivity index (χ1v) is 5.39. The van der Waals surface area contributed by atoms with Crippen LogP contribution in [0.3, 0.4) is 0 Å². The van der Waals surface area contributed by atoms with Gasteiger partial charge in [-0.25, -0.2) is 0 Å². The molecule has 58 valence electrons. The molecule has 0 spiro atoms. The largest absolute Gasteiger partial charge is 0.192 e. The number of alkyl halides is 1. The minimum absolute atomic E-state index is 0.590. The standard InChI is InChI=1S/C7H5BrClNS/c8-2-1-6-7(9)5(3-10)4-11-6/h4H,1-2H2. The Hall–Kier alpha value is -0.0400. The zero-order valence-electron chi connectivity index (χ0n) is 5.60. The Morgan fingerprint density at radius 1 is 1.73 bits per heavy atom. The third-order valence-electron chi connectivity index (χ3n) is 1.24. The molecule has 0 radical (unpaired) electrons. The first-order chi connectivity index (χ1) is 5.29. The zero-order chi connectivity index (χ0) is 8.27. The lowest BCUT2D eigenvalue weighted by Gasteiger charge is -1.90. The Balaban J connectivity index is 2.93. The molecule has 1 aromatic heterocycles. The van der Waals surface area contributed by atoms with E-state index in [4.69, 9.17) is 16.9 Å². The maximum atomic E-state index is 8.56. The fourth-order valence-corrected chi connectivity index (χ4v) is 2.63. The Kier molecular flexibility index (Phi) is 3.38. The molecule has 0 bridgehead atoms. The van der Waals surface area contributed by atoms with Gasteiger partial charge in [-0.2, -0.15) is 5.26 Å². The SMILES string of the molecule is N#Cc1csc(CCBr)c1Cl. The number of aryl methyl sites for hydroxylation is 1. The minimum Gasteiger partial charge on any atom is -0.192 e. The molecule has 0 amide bonds. The van der Waals surface area contributed by atoms with Crippen molar-refractivity contribution in [2.24, 2.45) is 0 Å². The van der Waals surface area contributed by atoms with Gasteiger partial charge in [-0.05, 0) is 6.42 Å². The molecule has 11 heavy (non-hydrogen) atoms. The van der Waals surface area contributed by atoms with Gasteiger partial charge in [0.1, 0.15) is 6.07 Å². The second kappa shape index (κ2) is 4.10. The van der Waals surface area contributed by atoms with Crippen molar-refractivity contribution < 1.29 is 0 Å². The van der Waals surface area contributed by atoms with E-state index in [0.29, 0.717) is 10.6 Å². The number of halogens is 2. The van der Waals surface area contributed by atoms with Crippen LogP contribution in [0, 0.1) is 11.3 Å². The highest BCUT2D eigenvalue weighted by Gasteiger charge is 2.07. The van der Waals surface area contributed by atoms with Gasteiger partial charge in [-0.15, -0.1) is 11.3 Å². The lowest BCUT2D eigenvalue weighted by molar-refractivity contribution is 1.22. The number of rotatable bonds is 2. The molecule has 0 saturated heterocycles. The lowest BCUT2D eigenvalue weighted by Crippen LogP contribution is -1.80. The predicted octanol–water partition coefficient (Wildman–Crippen LogP) is 3.21. The summed E-state index contributed by atoms with van der Waals surface area (Å²) in [6.45, 7) is 0. The summed E-state index contributed by atoms with van der Waals surface area (Å²) in [7, 11) is 0. The molecule has 0 atom stereocenters. The molecule has 1 rings (SSSR count). The van der Waals surface area contributed by atoms with E-state index in [0.717, 1.165) is 16.6 Å². The number of hydrogen-bond donors (Lipinski definition) is 0. The average Bonchev–Trinajstić information content (AvgIpc) is 2.34. The monoisotopic (exact) mass is 249 g/mol. The van der Waals surface area contributed by atoms with Crippen LogP contribution in [0.25, 0.3) is 0 Å². The number of nitriles is 1. The van der Waals surface area contributed by atoms with Crippen LogP contribution in [0.4, 0.5) is 0 Å². The molecular formula is C7H5BrClNS. The highest BCUT2D eigenvalue weighted by molar-refractivity contribution is 9.09. The van der Waals surface area contributed by atoms with Crippen molar-refractivity contribution in [3.05, 3.63) is 20.8 Å². The summed E-state index contributed by atoms with van der Waals surface area (Å²) in [6.07, 6.45) is 0.894. The van der Waals surface area contributed by atoms with Gasteiger partial charge >= 0.3 is 0 Å². The van der Waals surface area contributed by atoms with Gasteiger partial charge < -0.3 is 0 Å². The summed E-state index contributed by atoms with van der Waals surface area (Å²) in [6, 6.07) is 2.04. The molecule has 0 unspecified atom stereocenters. The van der Waals surface area contributed by atoms with E-state index in [2.05, 4.69) is 15.9 Å². The summed E-state index contributed by atoms with van der Waals surface area (Å²) in [4.78, 5) is 1.08. The maximum absolute atomic E-state index is 8.56. The normalized spacial score (nSPS) is 9.55. The van der Waals surface area contributed by atoms with Gasteiger partial charge in [0.25, 0.3) is 0 Å². The van der Waals surface area contributed by atoms with Crippen LogP contribution in [0.2, 0.25) is 5.02 Å². The Morgan fingerprint density at radius 3 is 2.91 bits per heavy atom. The smallest absolute Gasteiger partial charge is 0.102 e. The van der Waals surface area contributed by atoms with E-state index in [1.807, 2.05) is 6.07 Å². The van der Waals surface area contributed by atoms with Crippen LogP contribution < -0.4 is 0 Å². The third-order valence-corrected chi connectivity index (χ3v) is 3.23. The van der Waals surface area contributed by atoms with Crippen LogP contribution in [-0.4, -0.2) is 5.33 Å².